The fraction of sp³-hybridized carbons (Fsp3) is 1.00. The molecule has 0 atom stereocenters. The van der Waals surface area contributed by atoms with E-state index in [4.69, 9.17) is 19.6 Å². The summed E-state index contributed by atoms with van der Waals surface area (Å²) in [5.41, 5.74) is -1.87. The molecule has 1 aliphatic carbocycles. The summed E-state index contributed by atoms with van der Waals surface area (Å²) in [6, 6.07) is 0. The molecule has 1 aliphatic rings. The first kappa shape index (κ1) is 21.9. The Balaban J connectivity index is 3.07. The Morgan fingerprint density at radius 2 is 0.833 bits per heavy atom. The van der Waals surface area contributed by atoms with Crippen molar-refractivity contribution in [2.24, 2.45) is 5.41 Å². The lowest BCUT2D eigenvalue weighted by atomic mass is 9.56. The maximum absolute atomic E-state index is 6.02. The third-order valence-corrected chi connectivity index (χ3v) is 5.01. The van der Waals surface area contributed by atoms with Crippen LogP contribution in [0.15, 0.2) is 0 Å². The zero-order chi connectivity index (χ0) is 18.9. The second-order valence-corrected chi connectivity index (χ2v) is 10.2. The van der Waals surface area contributed by atoms with E-state index in [0.717, 1.165) is 12.8 Å². The molecule has 1 fully saturated rings. The Hall–Kier alpha value is -0.160. The molecular formula is C20H40O4. The lowest BCUT2D eigenvalue weighted by molar-refractivity contribution is -0.464. The van der Waals surface area contributed by atoms with Gasteiger partial charge in [-0.1, -0.05) is 19.3 Å². The fourth-order valence-electron chi connectivity index (χ4n) is 3.70. The van der Waals surface area contributed by atoms with Crippen molar-refractivity contribution in [3.63, 3.8) is 0 Å². The van der Waals surface area contributed by atoms with Crippen LogP contribution in [0.25, 0.3) is 0 Å². The predicted octanol–water partition coefficient (Wildman–Crippen LogP) is 5.99. The molecular weight excluding hydrogens is 304 g/mol. The van der Waals surface area contributed by atoms with E-state index in [1.54, 1.807) is 0 Å². The molecule has 4 nitrogen and oxygen atoms in total. The highest BCUT2D eigenvalue weighted by Gasteiger charge is 2.58. The molecule has 1 rings (SSSR count). The maximum atomic E-state index is 6.02. The van der Waals surface area contributed by atoms with E-state index >= 15 is 0 Å². The second kappa shape index (κ2) is 7.22. The Morgan fingerprint density at radius 1 is 0.500 bits per heavy atom. The molecule has 0 aromatic heterocycles. The van der Waals surface area contributed by atoms with Gasteiger partial charge in [-0.3, -0.25) is 0 Å². The molecule has 0 unspecified atom stereocenters. The summed E-state index contributed by atoms with van der Waals surface area (Å²) in [6.07, 6.45) is 5.67. The molecule has 4 heteroatoms. The van der Waals surface area contributed by atoms with Crippen molar-refractivity contribution in [2.45, 2.75) is 124 Å². The van der Waals surface area contributed by atoms with Gasteiger partial charge in [0, 0.05) is 5.41 Å². The smallest absolute Gasteiger partial charge is 0.106 e. The van der Waals surface area contributed by atoms with Crippen LogP contribution in [0.2, 0.25) is 0 Å². The van der Waals surface area contributed by atoms with Crippen molar-refractivity contribution in [3.05, 3.63) is 0 Å². The van der Waals surface area contributed by atoms with Crippen LogP contribution in [-0.2, 0) is 19.6 Å². The van der Waals surface area contributed by atoms with Gasteiger partial charge >= 0.3 is 0 Å². The summed E-state index contributed by atoms with van der Waals surface area (Å²) in [7, 11) is 0. The van der Waals surface area contributed by atoms with Crippen LogP contribution in [0.4, 0.5) is 0 Å². The summed E-state index contributed by atoms with van der Waals surface area (Å²) >= 11 is 0. The van der Waals surface area contributed by atoms with Gasteiger partial charge in [0.1, 0.15) is 11.2 Å². The van der Waals surface area contributed by atoms with Crippen LogP contribution < -0.4 is 0 Å². The van der Waals surface area contributed by atoms with Crippen LogP contribution in [0.5, 0.6) is 0 Å². The molecule has 0 aromatic carbocycles. The average Bonchev–Trinajstić information content (AvgIpc) is 2.42. The van der Waals surface area contributed by atoms with Gasteiger partial charge in [0.05, 0.1) is 11.2 Å². The molecule has 0 amide bonds. The highest BCUT2D eigenvalue weighted by Crippen LogP contribution is 2.55. The fourth-order valence-corrected chi connectivity index (χ4v) is 3.70. The first-order valence-corrected chi connectivity index (χ1v) is 9.36. The Labute approximate surface area is 149 Å². The molecule has 0 heterocycles. The topological polar surface area (TPSA) is 36.9 Å². The van der Waals surface area contributed by atoms with Crippen molar-refractivity contribution in [3.8, 4) is 0 Å². The summed E-state index contributed by atoms with van der Waals surface area (Å²) in [6.45, 7) is 20.5. The zero-order valence-corrected chi connectivity index (χ0v) is 17.7. The maximum Gasteiger partial charge on any atom is 0.106 e. The Morgan fingerprint density at radius 3 is 1.12 bits per heavy atom. The first-order valence-electron chi connectivity index (χ1n) is 9.36. The number of hydrogen-bond donors (Lipinski definition) is 0. The Kier molecular flexibility index (Phi) is 6.58. The van der Waals surface area contributed by atoms with Crippen LogP contribution in [-0.4, -0.2) is 22.4 Å². The van der Waals surface area contributed by atoms with Gasteiger partial charge < -0.3 is 0 Å². The summed E-state index contributed by atoms with van der Waals surface area (Å²) in [5.74, 6) is 0. The molecule has 1 saturated carbocycles. The standard InChI is InChI=1S/C20H40O4/c1-16(2,3)21-23-18(7,8)20(14-12-11-13-15-20)19(9,10)24-22-17(4,5)6/h11-15H2,1-10H3. The van der Waals surface area contributed by atoms with Crippen LogP contribution in [0, 0.1) is 5.41 Å². The van der Waals surface area contributed by atoms with Gasteiger partial charge in [0.25, 0.3) is 0 Å². The second-order valence-electron chi connectivity index (χ2n) is 10.2. The first-order chi connectivity index (χ1) is 10.6. The van der Waals surface area contributed by atoms with Crippen molar-refractivity contribution in [1.82, 2.24) is 0 Å². The minimum atomic E-state index is -0.495. The van der Waals surface area contributed by atoms with E-state index in [1.165, 1.54) is 19.3 Å². The van der Waals surface area contributed by atoms with Crippen molar-refractivity contribution in [2.75, 3.05) is 0 Å². The van der Waals surface area contributed by atoms with Gasteiger partial charge in [-0.25, -0.2) is 19.6 Å². The SMILES string of the molecule is CC(C)(C)OOC(C)(C)C1(C(C)(C)OOC(C)(C)C)CCCCC1. The summed E-state index contributed by atoms with van der Waals surface area (Å²) in [4.78, 5) is 23.5. The third-order valence-electron chi connectivity index (χ3n) is 5.01. The Bertz CT molecular complexity index is 361. The summed E-state index contributed by atoms with van der Waals surface area (Å²) < 4.78 is 0. The zero-order valence-electron chi connectivity index (χ0n) is 17.7. The normalized spacial score (nSPS) is 20.2. The van der Waals surface area contributed by atoms with Crippen molar-refractivity contribution < 1.29 is 19.6 Å². The monoisotopic (exact) mass is 344 g/mol. The van der Waals surface area contributed by atoms with Gasteiger partial charge in [-0.2, -0.15) is 0 Å². The predicted molar refractivity (Wildman–Crippen MR) is 97.5 cm³/mol. The molecule has 0 saturated heterocycles. The molecule has 0 bridgehead atoms. The van der Waals surface area contributed by atoms with E-state index in [9.17, 15) is 0 Å². The molecule has 0 aliphatic heterocycles. The van der Waals surface area contributed by atoms with Crippen molar-refractivity contribution >= 4 is 0 Å². The van der Waals surface area contributed by atoms with Crippen molar-refractivity contribution in [1.29, 1.82) is 0 Å². The molecule has 0 spiro atoms. The molecule has 0 N–H and O–H groups in total. The third kappa shape index (κ3) is 5.42. The van der Waals surface area contributed by atoms with Gasteiger partial charge in [0.2, 0.25) is 0 Å². The van der Waals surface area contributed by atoms with E-state index in [-0.39, 0.29) is 16.6 Å². The van der Waals surface area contributed by atoms with E-state index in [0.29, 0.717) is 0 Å². The van der Waals surface area contributed by atoms with E-state index in [2.05, 4.69) is 27.7 Å². The van der Waals surface area contributed by atoms with Crippen LogP contribution in [0.3, 0.4) is 0 Å². The lowest BCUT2D eigenvalue weighted by Gasteiger charge is -2.55. The molecule has 0 radical (unpaired) electrons. The molecule has 0 aromatic rings. The number of hydrogen-bond acceptors (Lipinski definition) is 4. The molecule has 144 valence electrons. The minimum absolute atomic E-state index is 0.186. The van der Waals surface area contributed by atoms with Gasteiger partial charge in [0.15, 0.2) is 0 Å². The molecule has 24 heavy (non-hydrogen) atoms. The number of rotatable bonds is 6. The van der Waals surface area contributed by atoms with E-state index in [1.807, 2.05) is 41.5 Å². The quantitative estimate of drug-likeness (QED) is 0.438. The van der Waals surface area contributed by atoms with Crippen LogP contribution in [0.1, 0.15) is 101 Å². The van der Waals surface area contributed by atoms with Gasteiger partial charge in [-0.05, 0) is 82.1 Å². The summed E-state index contributed by atoms with van der Waals surface area (Å²) in [5, 5.41) is 0. The van der Waals surface area contributed by atoms with E-state index < -0.39 is 11.2 Å². The highest BCUT2D eigenvalue weighted by molar-refractivity contribution is 5.05. The largest absolute Gasteiger partial charge is 0.230 e. The lowest BCUT2D eigenvalue weighted by Crippen LogP contribution is -2.60. The average molecular weight is 345 g/mol. The highest BCUT2D eigenvalue weighted by atomic mass is 17.2. The van der Waals surface area contributed by atoms with Crippen LogP contribution >= 0.6 is 0 Å². The van der Waals surface area contributed by atoms with Gasteiger partial charge in [-0.15, -0.1) is 0 Å². The minimum Gasteiger partial charge on any atom is -0.230 e.